The van der Waals surface area contributed by atoms with Crippen molar-refractivity contribution in [3.05, 3.63) is 206 Å². The van der Waals surface area contributed by atoms with Gasteiger partial charge in [0, 0.05) is 33.0 Å². The van der Waals surface area contributed by atoms with E-state index in [9.17, 15) is 0 Å². The summed E-state index contributed by atoms with van der Waals surface area (Å²) in [6.45, 7) is 0. The smallest absolute Gasteiger partial charge is 0.164 e. The topological polar surface area (TPSA) is 43.6 Å². The summed E-state index contributed by atoms with van der Waals surface area (Å²) in [5.41, 5.74) is 13.3. The van der Waals surface area contributed by atoms with Gasteiger partial charge >= 0.3 is 0 Å². The molecule has 0 unspecified atom stereocenters. The maximum absolute atomic E-state index is 5.02. The summed E-state index contributed by atoms with van der Waals surface area (Å²) in [5.74, 6) is 1.92. The molecule has 0 aliphatic carbocycles. The van der Waals surface area contributed by atoms with Crippen molar-refractivity contribution in [2.24, 2.45) is 0 Å². The van der Waals surface area contributed by atoms with Crippen LogP contribution >= 0.6 is 0 Å². The van der Waals surface area contributed by atoms with Gasteiger partial charge in [0.25, 0.3) is 0 Å². The van der Waals surface area contributed by atoms with Gasteiger partial charge in [-0.25, -0.2) is 15.0 Å². The van der Waals surface area contributed by atoms with E-state index in [1.54, 1.807) is 0 Å². The minimum Gasteiger partial charge on any atom is -0.309 e. The highest BCUT2D eigenvalue weighted by Crippen LogP contribution is 2.37. The first kappa shape index (κ1) is 32.2. The quantitative estimate of drug-likeness (QED) is 0.166. The van der Waals surface area contributed by atoms with E-state index in [-0.39, 0.29) is 0 Å². The molecule has 10 aromatic rings. The van der Waals surface area contributed by atoms with E-state index in [1.807, 2.05) is 36.4 Å². The highest BCUT2D eigenvalue weighted by Gasteiger charge is 2.16. The fourth-order valence-corrected chi connectivity index (χ4v) is 7.57. The maximum atomic E-state index is 5.02. The lowest BCUT2D eigenvalue weighted by Gasteiger charge is -2.14. The number of rotatable bonds is 7. The van der Waals surface area contributed by atoms with Gasteiger partial charge in [-0.05, 0) is 52.1 Å². The second kappa shape index (κ2) is 13.8. The van der Waals surface area contributed by atoms with Crippen molar-refractivity contribution in [1.29, 1.82) is 0 Å². The summed E-state index contributed by atoms with van der Waals surface area (Å²) >= 11 is 0. The van der Waals surface area contributed by atoms with Crippen molar-refractivity contribution in [2.75, 3.05) is 0 Å². The SMILES string of the molecule is c1ccc(-c2cccc(-c3nc(-c4ccccc4)nc(-c4ccc(-c5ccc(-c6ccccc6-n6c7ccccc7c7ccccc76)cc5)cc4)n3)c2)cc1. The van der Waals surface area contributed by atoms with Gasteiger partial charge in [-0.2, -0.15) is 0 Å². The van der Waals surface area contributed by atoms with E-state index in [2.05, 4.69) is 174 Å². The number of aromatic nitrogens is 4. The van der Waals surface area contributed by atoms with Crippen LogP contribution in [-0.2, 0) is 0 Å². The molecule has 0 spiro atoms. The second-order valence-corrected chi connectivity index (χ2v) is 13.7. The maximum Gasteiger partial charge on any atom is 0.164 e. The molecule has 10 rings (SSSR count). The molecule has 258 valence electrons. The lowest BCUT2D eigenvalue weighted by atomic mass is 9.98. The van der Waals surface area contributed by atoms with Gasteiger partial charge in [0.2, 0.25) is 0 Å². The molecule has 0 atom stereocenters. The van der Waals surface area contributed by atoms with Crippen LogP contribution in [0.25, 0.3) is 95.0 Å². The Morgan fingerprint density at radius 3 is 1.29 bits per heavy atom. The van der Waals surface area contributed by atoms with Crippen LogP contribution < -0.4 is 0 Å². The molecule has 0 radical (unpaired) electrons. The van der Waals surface area contributed by atoms with Gasteiger partial charge in [-0.3, -0.25) is 0 Å². The molecule has 0 aliphatic heterocycles. The standard InChI is InChI=1S/C51H34N4/c1-3-14-35(15-4-1)41-18-13-19-42(34-41)51-53-49(39-16-5-2-6-17-39)52-50(54-51)40-32-28-37(29-33-40)36-26-30-38(31-27-36)43-20-7-10-23-46(43)55-47-24-11-8-21-44(47)45-22-9-12-25-48(45)55/h1-34H. The van der Waals surface area contributed by atoms with Crippen LogP contribution in [0, 0.1) is 0 Å². The Balaban J connectivity index is 0.987. The van der Waals surface area contributed by atoms with Crippen molar-refractivity contribution in [3.8, 4) is 73.2 Å². The number of nitrogens with zero attached hydrogens (tertiary/aromatic N) is 4. The minimum atomic E-state index is 0.637. The molecule has 8 aromatic carbocycles. The Kier molecular flexibility index (Phi) is 8.12. The van der Waals surface area contributed by atoms with E-state index in [1.165, 1.54) is 32.9 Å². The summed E-state index contributed by atoms with van der Waals surface area (Å²) in [6.07, 6.45) is 0. The molecule has 0 bridgehead atoms. The molecular weight excluding hydrogens is 669 g/mol. The number of hydrogen-bond donors (Lipinski definition) is 0. The predicted molar refractivity (Wildman–Crippen MR) is 227 cm³/mol. The zero-order valence-corrected chi connectivity index (χ0v) is 29.9. The summed E-state index contributed by atoms with van der Waals surface area (Å²) < 4.78 is 2.39. The molecule has 4 nitrogen and oxygen atoms in total. The molecule has 0 aliphatic rings. The normalized spacial score (nSPS) is 11.3. The molecule has 0 fully saturated rings. The van der Waals surface area contributed by atoms with E-state index < -0.39 is 0 Å². The molecule has 0 N–H and O–H groups in total. The van der Waals surface area contributed by atoms with Gasteiger partial charge in [0.05, 0.1) is 16.7 Å². The van der Waals surface area contributed by atoms with Crippen LogP contribution in [0.1, 0.15) is 0 Å². The van der Waals surface area contributed by atoms with E-state index in [0.29, 0.717) is 17.5 Å². The Morgan fingerprint density at radius 2 is 0.673 bits per heavy atom. The van der Waals surface area contributed by atoms with Crippen LogP contribution in [0.4, 0.5) is 0 Å². The highest BCUT2D eigenvalue weighted by molar-refractivity contribution is 6.09. The zero-order valence-electron chi connectivity index (χ0n) is 29.9. The Bertz CT molecular complexity index is 2900. The van der Waals surface area contributed by atoms with E-state index >= 15 is 0 Å². The molecular formula is C51H34N4. The summed E-state index contributed by atoms with van der Waals surface area (Å²) in [4.78, 5) is 15.0. The Hall–Kier alpha value is -7.43. The third-order valence-electron chi connectivity index (χ3n) is 10.3. The number of fused-ring (bicyclic) bond motifs is 3. The Labute approximate surface area is 319 Å². The van der Waals surface area contributed by atoms with Gasteiger partial charge in [-0.15, -0.1) is 0 Å². The lowest BCUT2D eigenvalue weighted by molar-refractivity contribution is 1.07. The molecule has 55 heavy (non-hydrogen) atoms. The van der Waals surface area contributed by atoms with Crippen molar-refractivity contribution in [1.82, 2.24) is 19.5 Å². The highest BCUT2D eigenvalue weighted by atomic mass is 15.0. The monoisotopic (exact) mass is 702 g/mol. The number of hydrogen-bond acceptors (Lipinski definition) is 3. The van der Waals surface area contributed by atoms with Crippen LogP contribution in [0.15, 0.2) is 206 Å². The summed E-state index contributed by atoms with van der Waals surface area (Å²) in [5, 5.41) is 2.52. The van der Waals surface area contributed by atoms with Gasteiger partial charge < -0.3 is 4.57 Å². The first-order valence-electron chi connectivity index (χ1n) is 18.5. The molecule has 0 saturated heterocycles. The van der Waals surface area contributed by atoms with E-state index in [0.717, 1.165) is 44.6 Å². The first-order valence-corrected chi connectivity index (χ1v) is 18.5. The fourth-order valence-electron chi connectivity index (χ4n) is 7.57. The zero-order chi connectivity index (χ0) is 36.6. The van der Waals surface area contributed by atoms with Crippen molar-refractivity contribution in [3.63, 3.8) is 0 Å². The molecule has 2 heterocycles. The number of para-hydroxylation sites is 3. The van der Waals surface area contributed by atoms with Crippen LogP contribution in [0.3, 0.4) is 0 Å². The third kappa shape index (κ3) is 6.06. The lowest BCUT2D eigenvalue weighted by Crippen LogP contribution is -2.00. The average Bonchev–Trinajstić information content (AvgIpc) is 3.61. The van der Waals surface area contributed by atoms with Crippen LogP contribution in [0.2, 0.25) is 0 Å². The van der Waals surface area contributed by atoms with Crippen molar-refractivity contribution >= 4 is 21.8 Å². The largest absolute Gasteiger partial charge is 0.309 e. The van der Waals surface area contributed by atoms with Gasteiger partial charge in [0.1, 0.15) is 0 Å². The second-order valence-electron chi connectivity index (χ2n) is 13.7. The van der Waals surface area contributed by atoms with Gasteiger partial charge in [0.15, 0.2) is 17.5 Å². The molecule has 4 heteroatoms. The fraction of sp³-hybridized carbons (Fsp3) is 0. The first-order chi connectivity index (χ1) is 27.3. The molecule has 2 aromatic heterocycles. The van der Waals surface area contributed by atoms with Crippen molar-refractivity contribution < 1.29 is 0 Å². The van der Waals surface area contributed by atoms with Crippen LogP contribution in [-0.4, -0.2) is 19.5 Å². The summed E-state index contributed by atoms with van der Waals surface area (Å²) in [7, 11) is 0. The average molecular weight is 703 g/mol. The number of benzene rings is 8. The van der Waals surface area contributed by atoms with E-state index in [4.69, 9.17) is 15.0 Å². The Morgan fingerprint density at radius 1 is 0.273 bits per heavy atom. The minimum absolute atomic E-state index is 0.637. The summed E-state index contributed by atoms with van der Waals surface area (Å²) in [6, 6.07) is 72.3. The third-order valence-corrected chi connectivity index (χ3v) is 10.3. The van der Waals surface area contributed by atoms with Crippen molar-refractivity contribution in [2.45, 2.75) is 0 Å². The molecule has 0 amide bonds. The predicted octanol–water partition coefficient (Wildman–Crippen LogP) is 13.0. The molecule has 0 saturated carbocycles. The van der Waals surface area contributed by atoms with Gasteiger partial charge in [-0.1, -0.05) is 182 Å². The van der Waals surface area contributed by atoms with Crippen LogP contribution in [0.5, 0.6) is 0 Å².